The zero-order valence-corrected chi connectivity index (χ0v) is 11.8. The molecule has 0 N–H and O–H groups in total. The fourth-order valence-electron chi connectivity index (χ4n) is 1.29. The van der Waals surface area contributed by atoms with Crippen LogP contribution in [0.5, 0.6) is 5.75 Å². The summed E-state index contributed by atoms with van der Waals surface area (Å²) in [5, 5.41) is 21.0. The molecule has 0 amide bonds. The summed E-state index contributed by atoms with van der Waals surface area (Å²) < 4.78 is 4.72. The second kappa shape index (κ2) is 7.96. The molecule has 0 aliphatic rings. The molecule has 0 bridgehead atoms. The van der Waals surface area contributed by atoms with Crippen LogP contribution < -0.4 is 14.9 Å². The molecular formula is C12H12O5S2-2. The number of methoxy groups -OCH3 is 1. The van der Waals surface area contributed by atoms with Gasteiger partial charge in [0.2, 0.25) is 0 Å². The number of carbonyl (C=O) groups excluding carboxylic acids is 2. The molecule has 0 spiro atoms. The number of benzene rings is 1. The van der Waals surface area contributed by atoms with Gasteiger partial charge in [-0.1, -0.05) is 12.1 Å². The maximum absolute atomic E-state index is 10.5. The van der Waals surface area contributed by atoms with Gasteiger partial charge in [0.25, 0.3) is 0 Å². The van der Waals surface area contributed by atoms with Crippen LogP contribution in [-0.4, -0.2) is 30.6 Å². The molecule has 0 saturated heterocycles. The number of hydrogen-bond donors (Lipinski definition) is 0. The van der Waals surface area contributed by atoms with Crippen LogP contribution >= 0.6 is 23.5 Å². The van der Waals surface area contributed by atoms with E-state index in [-0.39, 0.29) is 16.1 Å². The summed E-state index contributed by atoms with van der Waals surface area (Å²) in [7, 11) is 1.54. The van der Waals surface area contributed by atoms with Crippen LogP contribution in [-0.2, 0) is 9.59 Å². The Morgan fingerprint density at radius 2 is 1.58 bits per heavy atom. The predicted molar refractivity (Wildman–Crippen MR) is 70.7 cm³/mol. The van der Waals surface area contributed by atoms with Crippen LogP contribution in [0.4, 0.5) is 0 Å². The molecule has 0 unspecified atom stereocenters. The van der Waals surface area contributed by atoms with E-state index in [9.17, 15) is 19.8 Å². The van der Waals surface area contributed by atoms with Gasteiger partial charge in [0.05, 0.1) is 23.6 Å². The number of rotatable bonds is 8. The lowest BCUT2D eigenvalue weighted by Crippen LogP contribution is -2.26. The van der Waals surface area contributed by atoms with Crippen LogP contribution in [0.15, 0.2) is 24.3 Å². The Hall–Kier alpha value is -1.34. The van der Waals surface area contributed by atoms with Gasteiger partial charge in [-0.25, -0.2) is 0 Å². The van der Waals surface area contributed by atoms with E-state index in [2.05, 4.69) is 0 Å². The van der Waals surface area contributed by atoms with E-state index in [0.717, 1.165) is 29.1 Å². The van der Waals surface area contributed by atoms with E-state index >= 15 is 0 Å². The van der Waals surface area contributed by atoms with E-state index in [4.69, 9.17) is 4.74 Å². The lowest BCUT2D eigenvalue weighted by Gasteiger charge is -2.17. The molecule has 19 heavy (non-hydrogen) atoms. The van der Waals surface area contributed by atoms with Gasteiger partial charge in [-0.2, -0.15) is 0 Å². The topological polar surface area (TPSA) is 89.5 Å². The van der Waals surface area contributed by atoms with Crippen LogP contribution in [0, 0.1) is 0 Å². The average molecular weight is 300 g/mol. The van der Waals surface area contributed by atoms with Gasteiger partial charge in [-0.15, -0.1) is 23.5 Å². The van der Waals surface area contributed by atoms with Gasteiger partial charge in [-0.3, -0.25) is 0 Å². The molecule has 1 aromatic rings. The van der Waals surface area contributed by atoms with Gasteiger partial charge in [0.1, 0.15) is 5.75 Å². The standard InChI is InChI=1S/C12H14O5S2/c1-17-9-4-2-8(3-5-9)12(18-6-10(13)14)19-7-11(15)16/h2-5,12H,6-7H2,1H3,(H,13,14)(H,15,16)/p-2. The smallest absolute Gasteiger partial charge is 0.118 e. The number of carboxylic acids is 2. The van der Waals surface area contributed by atoms with Crippen molar-refractivity contribution in [2.24, 2.45) is 0 Å². The van der Waals surface area contributed by atoms with E-state index in [1.807, 2.05) is 0 Å². The third-order valence-electron chi connectivity index (χ3n) is 2.09. The minimum absolute atomic E-state index is 0.198. The highest BCUT2D eigenvalue weighted by Gasteiger charge is 2.13. The molecule has 1 aromatic carbocycles. The van der Waals surface area contributed by atoms with Crippen molar-refractivity contribution in [1.29, 1.82) is 0 Å². The molecule has 0 aromatic heterocycles. The average Bonchev–Trinajstić information content (AvgIpc) is 2.38. The van der Waals surface area contributed by atoms with E-state index in [1.54, 1.807) is 31.4 Å². The second-order valence-electron chi connectivity index (χ2n) is 3.47. The first kappa shape index (κ1) is 15.7. The molecule has 0 heterocycles. The van der Waals surface area contributed by atoms with Gasteiger partial charge in [0.15, 0.2) is 0 Å². The molecule has 104 valence electrons. The summed E-state index contributed by atoms with van der Waals surface area (Å²) in [5.74, 6) is -2.08. The summed E-state index contributed by atoms with van der Waals surface area (Å²) in [6, 6.07) is 7.02. The minimum atomic E-state index is -1.18. The zero-order chi connectivity index (χ0) is 14.3. The third-order valence-corrected chi connectivity index (χ3v) is 4.86. The molecule has 0 saturated carbocycles. The summed E-state index contributed by atoms with van der Waals surface area (Å²) in [5.41, 5.74) is 0.818. The first-order valence-electron chi connectivity index (χ1n) is 5.29. The zero-order valence-electron chi connectivity index (χ0n) is 10.2. The van der Waals surface area contributed by atoms with Crippen molar-refractivity contribution in [2.75, 3.05) is 18.6 Å². The maximum atomic E-state index is 10.5. The number of carboxylic acid groups (broad SMARTS) is 2. The summed E-state index contributed by atoms with van der Waals surface area (Å²) in [4.78, 5) is 21.0. The fourth-order valence-corrected chi connectivity index (χ4v) is 3.36. The van der Waals surface area contributed by atoms with E-state index in [0.29, 0.717) is 5.75 Å². The SMILES string of the molecule is COc1ccc(C(SCC(=O)[O-])SCC(=O)[O-])cc1. The monoisotopic (exact) mass is 300 g/mol. The van der Waals surface area contributed by atoms with Crippen molar-refractivity contribution in [3.63, 3.8) is 0 Å². The van der Waals surface area contributed by atoms with E-state index in [1.165, 1.54) is 0 Å². The summed E-state index contributed by atoms with van der Waals surface area (Å²) in [6.45, 7) is 0. The molecule has 0 aliphatic heterocycles. The number of aliphatic carboxylic acids is 2. The van der Waals surface area contributed by atoms with Crippen LogP contribution in [0.2, 0.25) is 0 Å². The van der Waals surface area contributed by atoms with Crippen molar-refractivity contribution in [3.05, 3.63) is 29.8 Å². The van der Waals surface area contributed by atoms with Crippen molar-refractivity contribution in [3.8, 4) is 5.75 Å². The Balaban J connectivity index is 2.74. The fraction of sp³-hybridized carbons (Fsp3) is 0.333. The quantitative estimate of drug-likeness (QED) is 0.607. The highest BCUT2D eigenvalue weighted by molar-refractivity contribution is 8.16. The Morgan fingerprint density at radius 1 is 1.11 bits per heavy atom. The van der Waals surface area contributed by atoms with Gasteiger partial charge in [0, 0.05) is 11.5 Å². The summed E-state index contributed by atoms with van der Waals surface area (Å²) in [6.07, 6.45) is 0. The number of ether oxygens (including phenoxy) is 1. The highest BCUT2D eigenvalue weighted by Crippen LogP contribution is 2.39. The van der Waals surface area contributed by atoms with Crippen molar-refractivity contribution < 1.29 is 24.5 Å². The molecule has 1 rings (SSSR count). The highest BCUT2D eigenvalue weighted by atomic mass is 32.2. The Bertz CT molecular complexity index is 414. The number of carbonyl (C=O) groups is 2. The van der Waals surface area contributed by atoms with Crippen molar-refractivity contribution in [2.45, 2.75) is 4.58 Å². The third kappa shape index (κ3) is 5.89. The Morgan fingerprint density at radius 3 is 1.95 bits per heavy atom. The molecule has 0 fully saturated rings. The normalized spacial score (nSPS) is 10.4. The first-order valence-corrected chi connectivity index (χ1v) is 7.39. The first-order chi connectivity index (χ1) is 9.02. The van der Waals surface area contributed by atoms with Crippen LogP contribution in [0.3, 0.4) is 0 Å². The minimum Gasteiger partial charge on any atom is -0.549 e. The van der Waals surface area contributed by atoms with Crippen molar-refractivity contribution in [1.82, 2.24) is 0 Å². The van der Waals surface area contributed by atoms with E-state index < -0.39 is 11.9 Å². The van der Waals surface area contributed by atoms with Crippen LogP contribution in [0.25, 0.3) is 0 Å². The number of thioether (sulfide) groups is 2. The molecule has 7 heteroatoms. The lowest BCUT2D eigenvalue weighted by atomic mass is 10.2. The predicted octanol–water partition coefficient (Wildman–Crippen LogP) is -0.340. The van der Waals surface area contributed by atoms with Crippen LogP contribution in [0.1, 0.15) is 10.1 Å². The maximum Gasteiger partial charge on any atom is 0.118 e. The Labute approximate surface area is 119 Å². The molecule has 0 atom stereocenters. The summed E-state index contributed by atoms with van der Waals surface area (Å²) >= 11 is 2.21. The molecule has 5 nitrogen and oxygen atoms in total. The molecule has 0 radical (unpaired) electrons. The molecule has 0 aliphatic carbocycles. The Kier molecular flexibility index (Phi) is 6.58. The molecular weight excluding hydrogens is 288 g/mol. The van der Waals surface area contributed by atoms with Gasteiger partial charge < -0.3 is 24.5 Å². The lowest BCUT2D eigenvalue weighted by molar-refractivity contribution is -0.302. The number of hydrogen-bond acceptors (Lipinski definition) is 7. The van der Waals surface area contributed by atoms with Crippen molar-refractivity contribution >= 4 is 35.5 Å². The van der Waals surface area contributed by atoms with Gasteiger partial charge in [-0.05, 0) is 17.7 Å². The second-order valence-corrected chi connectivity index (χ2v) is 5.96. The van der Waals surface area contributed by atoms with Gasteiger partial charge >= 0.3 is 0 Å². The largest absolute Gasteiger partial charge is 0.549 e.